The molecule has 3 rings (SSSR count). The Morgan fingerprint density at radius 1 is 1.35 bits per heavy atom. The number of pyridine rings is 1. The number of rotatable bonds is 6. The van der Waals surface area contributed by atoms with Gasteiger partial charge in [0, 0.05) is 37.6 Å². The Kier molecular flexibility index (Phi) is 5.61. The molecule has 0 aliphatic carbocycles. The normalized spacial score (nSPS) is 18.8. The number of carbonyl (C=O) groups excluding carboxylic acids is 1. The van der Waals surface area contributed by atoms with Crippen LogP contribution in [0.2, 0.25) is 0 Å². The van der Waals surface area contributed by atoms with Gasteiger partial charge in [-0.3, -0.25) is 9.78 Å². The summed E-state index contributed by atoms with van der Waals surface area (Å²) in [5, 5.41) is 9.11. The minimum Gasteiger partial charge on any atom is -0.341 e. The first-order valence-corrected chi connectivity index (χ1v) is 11.1. The Balaban J connectivity index is 1.66. The van der Waals surface area contributed by atoms with Crippen molar-refractivity contribution in [3.63, 3.8) is 0 Å². The number of sulfone groups is 1. The van der Waals surface area contributed by atoms with Gasteiger partial charge in [0.2, 0.25) is 5.91 Å². The fraction of sp³-hybridized carbons (Fsp3) is 0.500. The summed E-state index contributed by atoms with van der Waals surface area (Å²) in [5.41, 5.74) is 0.917. The van der Waals surface area contributed by atoms with Crippen molar-refractivity contribution in [2.45, 2.75) is 31.1 Å². The van der Waals surface area contributed by atoms with Crippen LogP contribution >= 0.6 is 11.8 Å². The molecule has 1 saturated heterocycles. The van der Waals surface area contributed by atoms with E-state index in [9.17, 15) is 13.2 Å². The maximum Gasteiger partial charge on any atom is 0.233 e. The van der Waals surface area contributed by atoms with Crippen molar-refractivity contribution in [2.75, 3.05) is 24.3 Å². The van der Waals surface area contributed by atoms with E-state index < -0.39 is 9.84 Å². The van der Waals surface area contributed by atoms with Crippen LogP contribution in [0.5, 0.6) is 0 Å². The number of hydrogen-bond acceptors (Lipinski definition) is 7. The lowest BCUT2D eigenvalue weighted by atomic mass is 10.2. The average Bonchev–Trinajstić information content (AvgIpc) is 3.22. The highest BCUT2D eigenvalue weighted by molar-refractivity contribution is 7.99. The fourth-order valence-corrected chi connectivity index (χ4v) is 5.61. The molecule has 2 aromatic heterocycles. The Morgan fingerprint density at radius 3 is 2.69 bits per heavy atom. The number of aromatic nitrogens is 4. The summed E-state index contributed by atoms with van der Waals surface area (Å²) in [4.78, 5) is 18.0. The molecule has 10 heteroatoms. The van der Waals surface area contributed by atoms with Crippen LogP contribution in [-0.4, -0.2) is 69.3 Å². The third-order valence-electron chi connectivity index (χ3n) is 4.45. The molecule has 3 heterocycles. The third kappa shape index (κ3) is 4.07. The van der Waals surface area contributed by atoms with Crippen molar-refractivity contribution in [2.24, 2.45) is 0 Å². The van der Waals surface area contributed by atoms with Crippen molar-refractivity contribution in [1.29, 1.82) is 0 Å². The van der Waals surface area contributed by atoms with E-state index in [4.69, 9.17) is 0 Å². The van der Waals surface area contributed by atoms with Crippen LogP contribution in [0.4, 0.5) is 0 Å². The van der Waals surface area contributed by atoms with Crippen LogP contribution in [0, 0.1) is 0 Å². The van der Waals surface area contributed by atoms with Crippen molar-refractivity contribution >= 4 is 27.5 Å². The highest BCUT2D eigenvalue weighted by atomic mass is 32.2. The van der Waals surface area contributed by atoms with Gasteiger partial charge in [-0.15, -0.1) is 10.2 Å². The number of hydrogen-bond donors (Lipinski definition) is 0. The molecule has 0 bridgehead atoms. The molecule has 8 nitrogen and oxygen atoms in total. The first-order valence-electron chi connectivity index (χ1n) is 8.33. The van der Waals surface area contributed by atoms with E-state index >= 15 is 0 Å². The number of carbonyl (C=O) groups is 1. The van der Waals surface area contributed by atoms with E-state index in [0.29, 0.717) is 18.1 Å². The lowest BCUT2D eigenvalue weighted by molar-refractivity contribution is -0.128. The zero-order chi connectivity index (χ0) is 18.7. The van der Waals surface area contributed by atoms with Gasteiger partial charge in [-0.05, 0) is 25.5 Å². The second-order valence-electron chi connectivity index (χ2n) is 6.14. The molecule has 140 valence electrons. The SMILES string of the molecule is CCn1c(SCC(=O)N(C)[C@@H]2CCS(=O)(=O)C2)nnc1-c1ccncc1. The molecule has 0 N–H and O–H groups in total. The van der Waals surface area contributed by atoms with Crippen LogP contribution in [0.3, 0.4) is 0 Å². The molecule has 0 radical (unpaired) electrons. The molecule has 2 aromatic rings. The van der Waals surface area contributed by atoms with Crippen LogP contribution in [0.15, 0.2) is 29.7 Å². The van der Waals surface area contributed by atoms with Crippen LogP contribution in [0.25, 0.3) is 11.4 Å². The van der Waals surface area contributed by atoms with Crippen molar-refractivity contribution in [3.05, 3.63) is 24.5 Å². The summed E-state index contributed by atoms with van der Waals surface area (Å²) in [7, 11) is -1.34. The quantitative estimate of drug-likeness (QED) is 0.676. The first-order chi connectivity index (χ1) is 12.4. The minimum atomic E-state index is -3.01. The Labute approximate surface area is 156 Å². The van der Waals surface area contributed by atoms with Crippen molar-refractivity contribution in [1.82, 2.24) is 24.6 Å². The highest BCUT2D eigenvalue weighted by Crippen LogP contribution is 2.24. The summed E-state index contributed by atoms with van der Waals surface area (Å²) in [6, 6.07) is 3.50. The summed E-state index contributed by atoms with van der Waals surface area (Å²) >= 11 is 1.32. The van der Waals surface area contributed by atoms with Gasteiger partial charge in [0.25, 0.3) is 0 Å². The fourth-order valence-electron chi connectivity index (χ4n) is 2.91. The van der Waals surface area contributed by atoms with Crippen molar-refractivity contribution < 1.29 is 13.2 Å². The Morgan fingerprint density at radius 2 is 2.08 bits per heavy atom. The Bertz CT molecular complexity index is 883. The summed E-state index contributed by atoms with van der Waals surface area (Å²) in [6.07, 6.45) is 3.91. The second kappa shape index (κ2) is 7.75. The van der Waals surface area contributed by atoms with Gasteiger partial charge in [0.1, 0.15) is 0 Å². The number of thioether (sulfide) groups is 1. The van der Waals surface area contributed by atoms with Crippen molar-refractivity contribution in [3.8, 4) is 11.4 Å². The second-order valence-corrected chi connectivity index (χ2v) is 9.31. The largest absolute Gasteiger partial charge is 0.341 e. The predicted molar refractivity (Wildman–Crippen MR) is 99.5 cm³/mol. The lowest BCUT2D eigenvalue weighted by Crippen LogP contribution is -2.38. The van der Waals surface area contributed by atoms with E-state index in [1.165, 1.54) is 11.8 Å². The van der Waals surface area contributed by atoms with Gasteiger partial charge < -0.3 is 9.47 Å². The van der Waals surface area contributed by atoms with Gasteiger partial charge in [0.15, 0.2) is 20.8 Å². The van der Waals surface area contributed by atoms with Gasteiger partial charge >= 0.3 is 0 Å². The third-order valence-corrected chi connectivity index (χ3v) is 7.15. The summed E-state index contributed by atoms with van der Waals surface area (Å²) in [5.74, 6) is 1.04. The standard InChI is InChI=1S/C16H21N5O3S2/c1-3-21-15(12-4-7-17-8-5-12)18-19-16(21)25-10-14(22)20(2)13-6-9-26(23,24)11-13/h4-5,7-8,13H,3,6,9-11H2,1-2H3/t13-/m1/s1. The van der Waals surface area contributed by atoms with Gasteiger partial charge in [-0.1, -0.05) is 11.8 Å². The maximum absolute atomic E-state index is 12.4. The molecular weight excluding hydrogens is 374 g/mol. The maximum atomic E-state index is 12.4. The monoisotopic (exact) mass is 395 g/mol. The summed E-state index contributed by atoms with van der Waals surface area (Å²) < 4.78 is 25.1. The van der Waals surface area contributed by atoms with E-state index in [0.717, 1.165) is 11.4 Å². The molecule has 0 spiro atoms. The topological polar surface area (TPSA) is 98.1 Å². The van der Waals surface area contributed by atoms with E-state index in [1.807, 2.05) is 23.6 Å². The van der Waals surface area contributed by atoms with E-state index in [-0.39, 0.29) is 29.2 Å². The zero-order valence-corrected chi connectivity index (χ0v) is 16.3. The molecule has 1 atom stereocenters. The molecule has 0 saturated carbocycles. The smallest absolute Gasteiger partial charge is 0.233 e. The zero-order valence-electron chi connectivity index (χ0n) is 14.7. The van der Waals surface area contributed by atoms with Crippen LogP contribution in [-0.2, 0) is 21.2 Å². The molecule has 0 aromatic carbocycles. The molecule has 1 amide bonds. The summed E-state index contributed by atoms with van der Waals surface area (Å²) in [6.45, 7) is 2.67. The molecule has 26 heavy (non-hydrogen) atoms. The van der Waals surface area contributed by atoms with E-state index in [1.54, 1.807) is 24.3 Å². The van der Waals surface area contributed by atoms with Crippen LogP contribution < -0.4 is 0 Å². The van der Waals surface area contributed by atoms with Gasteiger partial charge in [-0.25, -0.2) is 8.42 Å². The molecule has 1 aliphatic rings. The van der Waals surface area contributed by atoms with Gasteiger partial charge in [-0.2, -0.15) is 0 Å². The molecule has 1 aliphatic heterocycles. The number of amides is 1. The minimum absolute atomic E-state index is 0.0528. The lowest BCUT2D eigenvalue weighted by Gasteiger charge is -2.23. The van der Waals surface area contributed by atoms with Crippen LogP contribution in [0.1, 0.15) is 13.3 Å². The molecule has 1 fully saturated rings. The molecular formula is C16H21N5O3S2. The molecule has 0 unspecified atom stereocenters. The predicted octanol–water partition coefficient (Wildman–Crippen LogP) is 1.10. The Hall–Kier alpha value is -1.94. The highest BCUT2D eigenvalue weighted by Gasteiger charge is 2.32. The number of nitrogens with zero attached hydrogens (tertiary/aromatic N) is 5. The average molecular weight is 396 g/mol. The first kappa shape index (κ1) is 18.8. The van der Waals surface area contributed by atoms with E-state index in [2.05, 4.69) is 15.2 Å². The van der Waals surface area contributed by atoms with Gasteiger partial charge in [0.05, 0.1) is 17.3 Å².